The van der Waals surface area contributed by atoms with Crippen molar-refractivity contribution in [3.63, 3.8) is 0 Å². The van der Waals surface area contributed by atoms with E-state index in [0.29, 0.717) is 19.3 Å². The van der Waals surface area contributed by atoms with E-state index in [-0.39, 0.29) is 25.2 Å². The highest BCUT2D eigenvalue weighted by molar-refractivity contribution is 5.69. The fourth-order valence-corrected chi connectivity index (χ4v) is 4.57. The summed E-state index contributed by atoms with van der Waals surface area (Å²) in [5.74, 6) is -0.679. The summed E-state index contributed by atoms with van der Waals surface area (Å²) in [6.45, 7) is 4.05. The third kappa shape index (κ3) is 39.0. The minimum atomic E-state index is -1.01. The molecule has 0 aromatic heterocycles. The molecule has 0 fully saturated rings. The Morgan fingerprint density at radius 2 is 0.780 bits per heavy atom. The van der Waals surface area contributed by atoms with E-state index in [1.54, 1.807) is 0 Å². The summed E-state index contributed by atoms with van der Waals surface area (Å²) in [7, 11) is 0. The summed E-state index contributed by atoms with van der Waals surface area (Å²) in [4.78, 5) is 23.9. The van der Waals surface area contributed by atoms with Gasteiger partial charge in [-0.15, -0.1) is 0 Å². The maximum absolute atomic E-state index is 12.0. The van der Waals surface area contributed by atoms with Crippen molar-refractivity contribution in [2.24, 2.45) is 0 Å². The van der Waals surface area contributed by atoms with Gasteiger partial charge in [0.1, 0.15) is 19.3 Å². The van der Waals surface area contributed by atoms with Crippen molar-refractivity contribution in [1.29, 1.82) is 0 Å². The number of ether oxygens (including phenoxy) is 2. The van der Waals surface area contributed by atoms with Crippen LogP contribution in [-0.4, -0.2) is 36.4 Å². The molecule has 50 heavy (non-hydrogen) atoms. The summed E-state index contributed by atoms with van der Waals surface area (Å²) in [6.07, 6.45) is 57.1. The number of esters is 2. The molecule has 1 N–H and O–H groups in total. The van der Waals surface area contributed by atoms with E-state index in [1.807, 2.05) is 0 Å². The first-order chi connectivity index (χ1) is 24.6. The molecule has 0 heterocycles. The monoisotopic (exact) mass is 691 g/mol. The van der Waals surface area contributed by atoms with E-state index in [4.69, 9.17) is 9.47 Å². The number of aliphatic hydroxyl groups excluding tert-OH is 1. The molecule has 0 unspecified atom stereocenters. The molecule has 0 aliphatic heterocycles. The van der Waals surface area contributed by atoms with Crippen LogP contribution in [0.2, 0.25) is 0 Å². The smallest absolute Gasteiger partial charge is 0.305 e. The van der Waals surface area contributed by atoms with E-state index >= 15 is 0 Å². The van der Waals surface area contributed by atoms with Crippen molar-refractivity contribution in [3.05, 3.63) is 109 Å². The normalized spacial score (nSPS) is 13.4. The molecule has 0 saturated heterocycles. The fraction of sp³-hybridized carbons (Fsp3) is 0.556. The maximum Gasteiger partial charge on any atom is 0.305 e. The van der Waals surface area contributed by atoms with Crippen molar-refractivity contribution in [1.82, 2.24) is 0 Å². The molecule has 0 spiro atoms. The largest absolute Gasteiger partial charge is 0.463 e. The zero-order valence-corrected chi connectivity index (χ0v) is 31.6. The van der Waals surface area contributed by atoms with Crippen molar-refractivity contribution in [2.75, 3.05) is 13.2 Å². The summed E-state index contributed by atoms with van der Waals surface area (Å²) in [5, 5.41) is 10.0. The topological polar surface area (TPSA) is 72.8 Å². The lowest BCUT2D eigenvalue weighted by Gasteiger charge is -2.12. The lowest BCUT2D eigenvalue weighted by Crippen LogP contribution is -2.25. The highest BCUT2D eigenvalue weighted by Crippen LogP contribution is 2.07. The van der Waals surface area contributed by atoms with E-state index in [1.165, 1.54) is 25.7 Å². The van der Waals surface area contributed by atoms with Crippen molar-refractivity contribution >= 4 is 11.9 Å². The van der Waals surface area contributed by atoms with Gasteiger partial charge in [0.05, 0.1) is 0 Å². The van der Waals surface area contributed by atoms with Crippen molar-refractivity contribution in [3.8, 4) is 0 Å². The third-order valence-corrected chi connectivity index (χ3v) is 7.49. The predicted octanol–water partition coefficient (Wildman–Crippen LogP) is 12.3. The second-order valence-electron chi connectivity index (χ2n) is 12.3. The Balaban J connectivity index is 3.65. The zero-order chi connectivity index (χ0) is 36.4. The van der Waals surface area contributed by atoms with Gasteiger partial charge in [-0.2, -0.15) is 0 Å². The minimum Gasteiger partial charge on any atom is -0.463 e. The molecule has 5 nitrogen and oxygen atoms in total. The number of carbonyl (C=O) groups is 2. The summed E-state index contributed by atoms with van der Waals surface area (Å²) in [6, 6.07) is 0. The Labute approximate surface area is 306 Å². The first-order valence-corrected chi connectivity index (χ1v) is 19.4. The molecule has 0 aliphatic rings. The first kappa shape index (κ1) is 46.6. The molecule has 0 amide bonds. The van der Waals surface area contributed by atoms with Crippen LogP contribution in [0.1, 0.15) is 142 Å². The Morgan fingerprint density at radius 1 is 0.440 bits per heavy atom. The zero-order valence-electron chi connectivity index (χ0n) is 31.6. The minimum absolute atomic E-state index is 0.158. The van der Waals surface area contributed by atoms with Crippen LogP contribution in [0, 0.1) is 0 Å². The van der Waals surface area contributed by atoms with Gasteiger partial charge >= 0.3 is 11.9 Å². The Bertz CT molecular complexity index is 1050. The van der Waals surface area contributed by atoms with E-state index < -0.39 is 6.10 Å². The van der Waals surface area contributed by atoms with Gasteiger partial charge in [0.25, 0.3) is 0 Å². The van der Waals surface area contributed by atoms with Gasteiger partial charge in [-0.1, -0.05) is 142 Å². The van der Waals surface area contributed by atoms with Crippen LogP contribution in [0.25, 0.3) is 0 Å². The van der Waals surface area contributed by atoms with Crippen LogP contribution in [-0.2, 0) is 19.1 Å². The second-order valence-corrected chi connectivity index (χ2v) is 12.3. The van der Waals surface area contributed by atoms with Crippen LogP contribution in [0.5, 0.6) is 0 Å². The van der Waals surface area contributed by atoms with Crippen LogP contribution >= 0.6 is 0 Å². The molecule has 0 bridgehead atoms. The number of rotatable bonds is 33. The van der Waals surface area contributed by atoms with E-state index in [2.05, 4.69) is 123 Å². The molecular weight excluding hydrogens is 620 g/mol. The molecule has 0 aromatic rings. The molecule has 0 aromatic carbocycles. The first-order valence-electron chi connectivity index (χ1n) is 19.4. The Morgan fingerprint density at radius 3 is 1.18 bits per heavy atom. The average Bonchev–Trinajstić information content (AvgIpc) is 3.12. The van der Waals surface area contributed by atoms with Crippen LogP contribution < -0.4 is 0 Å². The second kappa shape index (κ2) is 40.0. The van der Waals surface area contributed by atoms with Crippen LogP contribution in [0.4, 0.5) is 0 Å². The molecule has 5 heteroatoms. The van der Waals surface area contributed by atoms with E-state index in [9.17, 15) is 14.7 Å². The van der Waals surface area contributed by atoms with Crippen molar-refractivity contribution < 1.29 is 24.2 Å². The number of carbonyl (C=O) groups excluding carboxylic acids is 2. The third-order valence-electron chi connectivity index (χ3n) is 7.49. The van der Waals surface area contributed by atoms with Gasteiger partial charge in [0, 0.05) is 12.8 Å². The van der Waals surface area contributed by atoms with Crippen LogP contribution in [0.3, 0.4) is 0 Å². The number of allylic oxidation sites excluding steroid dienone is 18. The molecular formula is C45H70O5. The van der Waals surface area contributed by atoms with Gasteiger partial charge in [-0.25, -0.2) is 0 Å². The Kier molecular flexibility index (Phi) is 37.2. The number of hydrogen-bond acceptors (Lipinski definition) is 5. The molecule has 0 rings (SSSR count). The number of hydrogen-bond donors (Lipinski definition) is 1. The van der Waals surface area contributed by atoms with Gasteiger partial charge in [-0.05, 0) is 96.3 Å². The van der Waals surface area contributed by atoms with Crippen LogP contribution in [0.15, 0.2) is 109 Å². The quantitative estimate of drug-likeness (QED) is 0.0421. The average molecular weight is 691 g/mol. The van der Waals surface area contributed by atoms with Gasteiger partial charge < -0.3 is 14.6 Å². The van der Waals surface area contributed by atoms with Gasteiger partial charge in [-0.3, -0.25) is 9.59 Å². The molecule has 0 radical (unpaired) electrons. The fourth-order valence-electron chi connectivity index (χ4n) is 4.57. The summed E-state index contributed by atoms with van der Waals surface area (Å²) >= 11 is 0. The molecule has 280 valence electrons. The van der Waals surface area contributed by atoms with E-state index in [0.717, 1.165) is 83.5 Å². The van der Waals surface area contributed by atoms with Gasteiger partial charge in [0.2, 0.25) is 0 Å². The molecule has 0 saturated carbocycles. The van der Waals surface area contributed by atoms with Crippen molar-refractivity contribution in [2.45, 2.75) is 148 Å². The SMILES string of the molecule is CC/C=C\C/C=C\C/C=C\C/C=C\C/C=C\CCCC(=O)OC[C@H](O)COC(=O)CCCCC/C=C\C/C=C\C/C=C\C/C=C\CCCCC. The highest BCUT2D eigenvalue weighted by atomic mass is 16.6. The lowest BCUT2D eigenvalue weighted by molar-refractivity contribution is -0.152. The number of aliphatic hydroxyl groups is 1. The lowest BCUT2D eigenvalue weighted by atomic mass is 10.1. The molecule has 0 aliphatic carbocycles. The summed E-state index contributed by atoms with van der Waals surface area (Å²) < 4.78 is 10.3. The number of unbranched alkanes of at least 4 members (excludes halogenated alkanes) is 7. The summed E-state index contributed by atoms with van der Waals surface area (Å²) in [5.41, 5.74) is 0. The van der Waals surface area contributed by atoms with Gasteiger partial charge in [0.15, 0.2) is 0 Å². The Hall–Kier alpha value is -3.44. The maximum atomic E-state index is 12.0. The predicted molar refractivity (Wildman–Crippen MR) is 214 cm³/mol. The highest BCUT2D eigenvalue weighted by Gasteiger charge is 2.11. The molecule has 1 atom stereocenters. The standard InChI is InChI=1S/C45H70O5/c1-3-5-7-9-11-13-15-17-19-21-22-24-26-28-30-32-34-36-38-40-45(48)50-42-43(46)41-49-44(47)39-37-35-33-31-29-27-25-23-20-18-16-14-12-10-8-6-4-2/h6,8,11-14,17-20,22,24-25,27-28,30-31,33,43,46H,3-5,7,9-10,15-16,21,23,26,29,32,34-42H2,1-2H3/b8-6-,13-11-,14-12-,19-17-,20-18-,24-22-,27-25-,30-28-,33-31-/t43-/m0/s1.